The molecule has 0 amide bonds. The Bertz CT molecular complexity index is 123. The van der Waals surface area contributed by atoms with Gasteiger partial charge in [0.15, 0.2) is 0 Å². The van der Waals surface area contributed by atoms with Gasteiger partial charge < -0.3 is 10.0 Å². The van der Waals surface area contributed by atoms with Gasteiger partial charge in [-0.05, 0) is 18.3 Å². The summed E-state index contributed by atoms with van der Waals surface area (Å²) in [6.45, 7) is 9.84. The first kappa shape index (κ1) is 10.0. The Morgan fingerprint density at radius 2 is 2.08 bits per heavy atom. The Balaban J connectivity index is 2.34. The summed E-state index contributed by atoms with van der Waals surface area (Å²) in [5.74, 6) is 1.37. The highest BCUT2D eigenvalue weighted by Gasteiger charge is 2.22. The fourth-order valence-electron chi connectivity index (χ4n) is 2.09. The maximum atomic E-state index is 9.52. The molecule has 72 valence electrons. The minimum Gasteiger partial charge on any atom is -0.392 e. The number of β-amino-alcohol motifs (C(OH)–C–C–N with tert-alkyl or cyclic N) is 1. The van der Waals surface area contributed by atoms with Crippen molar-refractivity contribution in [1.29, 1.82) is 0 Å². The van der Waals surface area contributed by atoms with Crippen molar-refractivity contribution < 1.29 is 5.11 Å². The van der Waals surface area contributed by atoms with E-state index in [1.165, 1.54) is 0 Å². The van der Waals surface area contributed by atoms with Crippen molar-refractivity contribution in [3.05, 3.63) is 0 Å². The van der Waals surface area contributed by atoms with Gasteiger partial charge in [-0.25, -0.2) is 0 Å². The molecule has 2 atom stereocenters. The van der Waals surface area contributed by atoms with Gasteiger partial charge in [0.2, 0.25) is 0 Å². The first-order valence-corrected chi connectivity index (χ1v) is 4.98. The van der Waals surface area contributed by atoms with Crippen LogP contribution in [-0.2, 0) is 0 Å². The maximum absolute atomic E-state index is 9.52. The predicted molar refractivity (Wildman–Crippen MR) is 51.1 cm³/mol. The third kappa shape index (κ3) is 3.11. The molecule has 0 bridgehead atoms. The lowest BCUT2D eigenvalue weighted by Gasteiger charge is -2.35. The molecule has 0 spiro atoms. The zero-order valence-electron chi connectivity index (χ0n) is 8.45. The summed E-state index contributed by atoms with van der Waals surface area (Å²) in [7, 11) is 0. The zero-order chi connectivity index (χ0) is 9.14. The summed E-state index contributed by atoms with van der Waals surface area (Å²) < 4.78 is 0. The number of nitrogens with zero attached hydrogens (tertiary/aromatic N) is 1. The van der Waals surface area contributed by atoms with Gasteiger partial charge in [0.05, 0.1) is 6.10 Å². The van der Waals surface area contributed by atoms with Crippen molar-refractivity contribution in [2.75, 3.05) is 19.6 Å². The predicted octanol–water partition coefficient (Wildman–Crippen LogP) is 1.35. The molecule has 12 heavy (non-hydrogen) atoms. The van der Waals surface area contributed by atoms with Gasteiger partial charge >= 0.3 is 0 Å². The van der Waals surface area contributed by atoms with E-state index < -0.39 is 0 Å². The molecule has 2 nitrogen and oxygen atoms in total. The number of aliphatic hydroxyl groups excluding tert-OH is 1. The van der Waals surface area contributed by atoms with Crippen molar-refractivity contribution in [3.63, 3.8) is 0 Å². The summed E-state index contributed by atoms with van der Waals surface area (Å²) >= 11 is 0. The van der Waals surface area contributed by atoms with Gasteiger partial charge in [-0.2, -0.15) is 0 Å². The highest BCUT2D eigenvalue weighted by molar-refractivity contribution is 4.76. The molecule has 1 saturated heterocycles. The summed E-state index contributed by atoms with van der Waals surface area (Å²) in [4.78, 5) is 2.38. The summed E-state index contributed by atoms with van der Waals surface area (Å²) in [6.07, 6.45) is 0.890. The number of aliphatic hydroxyl groups is 1. The Hall–Kier alpha value is -0.0800. The van der Waals surface area contributed by atoms with Crippen LogP contribution in [0, 0.1) is 11.8 Å². The van der Waals surface area contributed by atoms with Gasteiger partial charge in [0.25, 0.3) is 0 Å². The van der Waals surface area contributed by atoms with Crippen molar-refractivity contribution in [3.8, 4) is 0 Å². The standard InChI is InChI=1S/C10H21NO/c1-8(2)5-11-6-9(3)4-10(12)7-11/h8-10,12H,4-7H2,1-3H3. The molecule has 1 aliphatic heterocycles. The summed E-state index contributed by atoms with van der Waals surface area (Å²) in [5.41, 5.74) is 0. The smallest absolute Gasteiger partial charge is 0.0670 e. The zero-order valence-corrected chi connectivity index (χ0v) is 8.45. The molecule has 2 heteroatoms. The van der Waals surface area contributed by atoms with Gasteiger partial charge in [-0.1, -0.05) is 20.8 Å². The lowest BCUT2D eigenvalue weighted by Crippen LogP contribution is -2.43. The average molecular weight is 171 g/mol. The van der Waals surface area contributed by atoms with Crippen molar-refractivity contribution >= 4 is 0 Å². The Morgan fingerprint density at radius 3 is 2.58 bits per heavy atom. The number of likely N-dealkylation sites (tertiary alicyclic amines) is 1. The van der Waals surface area contributed by atoms with Gasteiger partial charge in [0, 0.05) is 19.6 Å². The van der Waals surface area contributed by atoms with Crippen molar-refractivity contribution in [2.24, 2.45) is 11.8 Å². The van der Waals surface area contributed by atoms with Crippen molar-refractivity contribution in [1.82, 2.24) is 4.90 Å². The SMILES string of the molecule is CC(C)CN1CC(C)CC(O)C1. The second-order valence-corrected chi connectivity index (χ2v) is 4.61. The van der Waals surface area contributed by atoms with E-state index in [4.69, 9.17) is 0 Å². The van der Waals surface area contributed by atoms with Crippen LogP contribution in [-0.4, -0.2) is 35.7 Å². The lowest BCUT2D eigenvalue weighted by atomic mass is 9.97. The van der Waals surface area contributed by atoms with Gasteiger partial charge in [-0.3, -0.25) is 0 Å². The number of hydrogen-bond acceptors (Lipinski definition) is 2. The monoisotopic (exact) mass is 171 g/mol. The van der Waals surface area contributed by atoms with Crippen LogP contribution >= 0.6 is 0 Å². The first-order chi connectivity index (χ1) is 5.58. The largest absolute Gasteiger partial charge is 0.392 e. The lowest BCUT2D eigenvalue weighted by molar-refractivity contribution is 0.0393. The molecular weight excluding hydrogens is 150 g/mol. The van der Waals surface area contributed by atoms with Crippen LogP contribution in [0.4, 0.5) is 0 Å². The second-order valence-electron chi connectivity index (χ2n) is 4.61. The Morgan fingerprint density at radius 1 is 1.42 bits per heavy atom. The van der Waals surface area contributed by atoms with E-state index in [1.54, 1.807) is 0 Å². The van der Waals surface area contributed by atoms with E-state index >= 15 is 0 Å². The Labute approximate surface area is 75.6 Å². The van der Waals surface area contributed by atoms with Crippen LogP contribution in [0.25, 0.3) is 0 Å². The quantitative estimate of drug-likeness (QED) is 0.678. The van der Waals surface area contributed by atoms with E-state index in [2.05, 4.69) is 25.7 Å². The fraction of sp³-hybridized carbons (Fsp3) is 1.00. The summed E-state index contributed by atoms with van der Waals surface area (Å²) in [6, 6.07) is 0. The van der Waals surface area contributed by atoms with E-state index in [1.807, 2.05) is 0 Å². The topological polar surface area (TPSA) is 23.5 Å². The number of hydrogen-bond donors (Lipinski definition) is 1. The third-order valence-electron chi connectivity index (χ3n) is 2.34. The maximum Gasteiger partial charge on any atom is 0.0670 e. The van der Waals surface area contributed by atoms with Gasteiger partial charge in [-0.15, -0.1) is 0 Å². The highest BCUT2D eigenvalue weighted by atomic mass is 16.3. The van der Waals surface area contributed by atoms with E-state index in [0.29, 0.717) is 11.8 Å². The molecular formula is C10H21NO. The second kappa shape index (κ2) is 4.24. The third-order valence-corrected chi connectivity index (χ3v) is 2.34. The van der Waals surface area contributed by atoms with E-state index in [9.17, 15) is 5.11 Å². The molecule has 0 aromatic heterocycles. The van der Waals surface area contributed by atoms with Crippen LogP contribution in [0.1, 0.15) is 27.2 Å². The molecule has 0 aromatic rings. The van der Waals surface area contributed by atoms with Crippen LogP contribution < -0.4 is 0 Å². The molecule has 0 saturated carbocycles. The first-order valence-electron chi connectivity index (χ1n) is 4.98. The van der Waals surface area contributed by atoms with E-state index in [-0.39, 0.29) is 6.10 Å². The minimum absolute atomic E-state index is 0.0903. The molecule has 1 N–H and O–H groups in total. The molecule has 0 aromatic carbocycles. The molecule has 2 unspecified atom stereocenters. The molecule has 0 radical (unpaired) electrons. The molecule has 1 aliphatic rings. The van der Waals surface area contributed by atoms with Crippen molar-refractivity contribution in [2.45, 2.75) is 33.3 Å². The minimum atomic E-state index is -0.0903. The fourth-order valence-corrected chi connectivity index (χ4v) is 2.09. The number of rotatable bonds is 2. The van der Waals surface area contributed by atoms with Crippen LogP contribution in [0.15, 0.2) is 0 Å². The van der Waals surface area contributed by atoms with Crippen LogP contribution in [0.2, 0.25) is 0 Å². The molecule has 1 rings (SSSR count). The average Bonchev–Trinajstić information content (AvgIpc) is 1.81. The highest BCUT2D eigenvalue weighted by Crippen LogP contribution is 2.16. The Kier molecular flexibility index (Phi) is 3.53. The van der Waals surface area contributed by atoms with Crippen LogP contribution in [0.3, 0.4) is 0 Å². The van der Waals surface area contributed by atoms with Gasteiger partial charge in [0.1, 0.15) is 0 Å². The molecule has 0 aliphatic carbocycles. The summed E-state index contributed by atoms with van der Waals surface area (Å²) in [5, 5.41) is 9.52. The number of piperidine rings is 1. The molecule has 1 heterocycles. The van der Waals surface area contributed by atoms with Crippen LogP contribution in [0.5, 0.6) is 0 Å². The molecule has 1 fully saturated rings. The normalized spacial score (nSPS) is 32.8. The van der Waals surface area contributed by atoms with E-state index in [0.717, 1.165) is 26.1 Å².